The third-order valence-electron chi connectivity index (χ3n) is 4.24. The number of rotatable bonds is 13. The quantitative estimate of drug-likeness (QED) is 0.340. The molecule has 0 atom stereocenters. The molecule has 1 heteroatoms. The van der Waals surface area contributed by atoms with Crippen LogP contribution in [-0.2, 0) is 0 Å². The molecule has 0 N–H and O–H groups in total. The second-order valence-electron chi connectivity index (χ2n) is 6.05. The zero-order valence-electron chi connectivity index (χ0n) is 12.8. The maximum atomic E-state index is 2.31. The fourth-order valence-electron chi connectivity index (χ4n) is 2.85. The second-order valence-corrected chi connectivity index (χ2v) is 7.78. The van der Waals surface area contributed by atoms with E-state index in [-0.39, 0.29) is 0 Å². The molecule has 0 radical (unpaired) electrons. The van der Waals surface area contributed by atoms with Crippen LogP contribution in [-0.4, -0.2) is 10.5 Å². The average Bonchev–Trinajstić information content (AvgIpc) is 3.12. The molecule has 0 amide bonds. The van der Waals surface area contributed by atoms with Crippen molar-refractivity contribution in [2.75, 3.05) is 5.75 Å². The van der Waals surface area contributed by atoms with Gasteiger partial charge in [0.05, 0.1) is 0 Å². The highest BCUT2D eigenvalue weighted by molar-refractivity contribution is 8.00. The normalized spacial score (nSPS) is 17.0. The van der Waals surface area contributed by atoms with E-state index in [2.05, 4.69) is 25.6 Å². The van der Waals surface area contributed by atoms with Gasteiger partial charge in [0.1, 0.15) is 0 Å². The first-order valence-corrected chi connectivity index (χ1v) is 9.45. The molecule has 18 heavy (non-hydrogen) atoms. The molecule has 0 aromatic carbocycles. The van der Waals surface area contributed by atoms with Crippen LogP contribution in [0.2, 0.25) is 0 Å². The predicted octanol–water partition coefficient (Wildman–Crippen LogP) is 6.58. The first-order chi connectivity index (χ1) is 8.83. The Kier molecular flexibility index (Phi) is 9.27. The number of hydrogen-bond acceptors (Lipinski definition) is 1. The first-order valence-electron chi connectivity index (χ1n) is 8.47. The standard InChI is InChI=1S/C17H34S/c1-3-5-6-7-8-9-10-11-12-13-14-17(15-16-17)18-4-2/h3-16H2,1-2H3. The number of hydrogen-bond donors (Lipinski definition) is 0. The van der Waals surface area contributed by atoms with Crippen LogP contribution in [0.4, 0.5) is 0 Å². The van der Waals surface area contributed by atoms with Gasteiger partial charge in [0.25, 0.3) is 0 Å². The van der Waals surface area contributed by atoms with Crippen LogP contribution in [0.25, 0.3) is 0 Å². The molecular formula is C17H34S. The highest BCUT2D eigenvalue weighted by Crippen LogP contribution is 2.51. The van der Waals surface area contributed by atoms with E-state index in [0.717, 1.165) is 4.75 Å². The summed E-state index contributed by atoms with van der Waals surface area (Å²) in [5, 5.41) is 0. The molecular weight excluding hydrogens is 236 g/mol. The monoisotopic (exact) mass is 270 g/mol. The SMILES string of the molecule is CCCCCCCCCCCCC1(SCC)CC1. The molecule has 1 fully saturated rings. The Labute approximate surface area is 120 Å². The summed E-state index contributed by atoms with van der Waals surface area (Å²) in [5.41, 5.74) is 0. The van der Waals surface area contributed by atoms with Crippen LogP contribution < -0.4 is 0 Å². The van der Waals surface area contributed by atoms with Crippen LogP contribution in [0.1, 0.15) is 97.3 Å². The minimum absolute atomic E-state index is 0.759. The lowest BCUT2D eigenvalue weighted by Gasteiger charge is -2.12. The van der Waals surface area contributed by atoms with Crippen LogP contribution in [0, 0.1) is 0 Å². The molecule has 0 saturated heterocycles. The predicted molar refractivity (Wildman–Crippen MR) is 86.6 cm³/mol. The molecule has 0 aromatic heterocycles. The van der Waals surface area contributed by atoms with Gasteiger partial charge in [-0.15, -0.1) is 0 Å². The van der Waals surface area contributed by atoms with Gasteiger partial charge in [-0.25, -0.2) is 0 Å². The van der Waals surface area contributed by atoms with Gasteiger partial charge >= 0.3 is 0 Å². The Morgan fingerprint density at radius 3 is 1.67 bits per heavy atom. The summed E-state index contributed by atoms with van der Waals surface area (Å²) in [6.07, 6.45) is 19.2. The Morgan fingerprint density at radius 1 is 0.722 bits per heavy atom. The lowest BCUT2D eigenvalue weighted by Crippen LogP contribution is -2.02. The van der Waals surface area contributed by atoms with E-state index in [1.807, 2.05) is 0 Å². The molecule has 0 aliphatic heterocycles. The smallest absolute Gasteiger partial charge is 0.0161 e. The van der Waals surface area contributed by atoms with Gasteiger partial charge in [-0.3, -0.25) is 0 Å². The minimum atomic E-state index is 0.759. The zero-order chi connectivity index (χ0) is 13.1. The Balaban J connectivity index is 1.76. The maximum Gasteiger partial charge on any atom is 0.0161 e. The van der Waals surface area contributed by atoms with Gasteiger partial charge in [-0.1, -0.05) is 78.1 Å². The molecule has 1 rings (SSSR count). The summed E-state index contributed by atoms with van der Waals surface area (Å²) in [6, 6.07) is 0. The Hall–Kier alpha value is 0.350. The van der Waals surface area contributed by atoms with Crippen molar-refractivity contribution in [3.05, 3.63) is 0 Å². The largest absolute Gasteiger partial charge is 0.155 e. The second kappa shape index (κ2) is 10.2. The van der Waals surface area contributed by atoms with Crippen LogP contribution in [0.5, 0.6) is 0 Å². The van der Waals surface area contributed by atoms with Crippen LogP contribution in [0.15, 0.2) is 0 Å². The third-order valence-corrected chi connectivity index (χ3v) is 5.76. The van der Waals surface area contributed by atoms with Gasteiger partial charge < -0.3 is 0 Å². The fraction of sp³-hybridized carbons (Fsp3) is 1.00. The summed E-state index contributed by atoms with van der Waals surface area (Å²) >= 11 is 2.22. The van der Waals surface area contributed by atoms with Crippen LogP contribution in [0.3, 0.4) is 0 Å². The molecule has 1 aliphatic carbocycles. The van der Waals surface area contributed by atoms with E-state index in [0.29, 0.717) is 0 Å². The number of unbranched alkanes of at least 4 members (excludes halogenated alkanes) is 9. The van der Waals surface area contributed by atoms with Gasteiger partial charge in [0.15, 0.2) is 0 Å². The van der Waals surface area contributed by atoms with Crippen molar-refractivity contribution in [1.82, 2.24) is 0 Å². The van der Waals surface area contributed by atoms with Crippen molar-refractivity contribution in [2.45, 2.75) is 102 Å². The minimum Gasteiger partial charge on any atom is -0.155 e. The Morgan fingerprint density at radius 2 is 1.22 bits per heavy atom. The lowest BCUT2D eigenvalue weighted by atomic mass is 10.0. The van der Waals surface area contributed by atoms with Crippen molar-refractivity contribution >= 4 is 11.8 Å². The summed E-state index contributed by atoms with van der Waals surface area (Å²) in [6.45, 7) is 4.60. The molecule has 0 spiro atoms. The van der Waals surface area contributed by atoms with Gasteiger partial charge in [-0.2, -0.15) is 11.8 Å². The van der Waals surface area contributed by atoms with Gasteiger partial charge in [0.2, 0.25) is 0 Å². The van der Waals surface area contributed by atoms with Gasteiger partial charge in [-0.05, 0) is 25.0 Å². The van der Waals surface area contributed by atoms with Crippen LogP contribution >= 0.6 is 11.8 Å². The van der Waals surface area contributed by atoms with Gasteiger partial charge in [0, 0.05) is 4.75 Å². The maximum absolute atomic E-state index is 2.31. The molecule has 0 nitrogen and oxygen atoms in total. The molecule has 0 aromatic rings. The summed E-state index contributed by atoms with van der Waals surface area (Å²) in [5.74, 6) is 1.32. The molecule has 108 valence electrons. The van der Waals surface area contributed by atoms with E-state index in [1.165, 1.54) is 89.2 Å². The van der Waals surface area contributed by atoms with Crippen molar-refractivity contribution in [3.8, 4) is 0 Å². The van der Waals surface area contributed by atoms with E-state index in [4.69, 9.17) is 0 Å². The van der Waals surface area contributed by atoms with Crippen molar-refractivity contribution in [2.24, 2.45) is 0 Å². The van der Waals surface area contributed by atoms with E-state index in [9.17, 15) is 0 Å². The highest BCUT2D eigenvalue weighted by Gasteiger charge is 2.41. The molecule has 0 heterocycles. The highest BCUT2D eigenvalue weighted by atomic mass is 32.2. The Bertz CT molecular complexity index is 184. The topological polar surface area (TPSA) is 0 Å². The summed E-state index contributed by atoms with van der Waals surface area (Å²) in [4.78, 5) is 0. The van der Waals surface area contributed by atoms with Crippen molar-refractivity contribution < 1.29 is 0 Å². The van der Waals surface area contributed by atoms with E-state index < -0.39 is 0 Å². The lowest BCUT2D eigenvalue weighted by molar-refractivity contribution is 0.545. The first kappa shape index (κ1) is 16.4. The third kappa shape index (κ3) is 7.71. The fourth-order valence-corrected chi connectivity index (χ4v) is 4.14. The van der Waals surface area contributed by atoms with Crippen molar-refractivity contribution in [1.29, 1.82) is 0 Å². The summed E-state index contributed by atoms with van der Waals surface area (Å²) < 4.78 is 0.759. The van der Waals surface area contributed by atoms with Crippen molar-refractivity contribution in [3.63, 3.8) is 0 Å². The summed E-state index contributed by atoms with van der Waals surface area (Å²) in [7, 11) is 0. The molecule has 0 bridgehead atoms. The molecule has 1 saturated carbocycles. The molecule has 0 unspecified atom stereocenters. The average molecular weight is 271 g/mol. The zero-order valence-corrected chi connectivity index (χ0v) is 13.6. The van der Waals surface area contributed by atoms with E-state index >= 15 is 0 Å². The molecule has 1 aliphatic rings. The number of thioether (sulfide) groups is 1. The van der Waals surface area contributed by atoms with E-state index in [1.54, 1.807) is 0 Å².